The number of nitrogens with zero attached hydrogens (tertiary/aromatic N) is 2. The van der Waals surface area contributed by atoms with Crippen LogP contribution in [-0.2, 0) is 11.2 Å². The van der Waals surface area contributed by atoms with Crippen molar-refractivity contribution in [3.8, 4) is 0 Å². The molecule has 0 aliphatic heterocycles. The Morgan fingerprint density at radius 2 is 2.27 bits per heavy atom. The van der Waals surface area contributed by atoms with Crippen LogP contribution in [0.2, 0.25) is 0 Å². The van der Waals surface area contributed by atoms with E-state index in [0.717, 1.165) is 12.8 Å². The second kappa shape index (κ2) is 3.76. The molecule has 5 heteroatoms. The monoisotopic (exact) mass is 206 g/mol. The lowest BCUT2D eigenvalue weighted by Gasteiger charge is -1.97. The molecule has 1 aromatic heterocycles. The van der Waals surface area contributed by atoms with Gasteiger partial charge in [0.15, 0.2) is 0 Å². The zero-order valence-corrected chi connectivity index (χ0v) is 8.05. The van der Waals surface area contributed by atoms with Gasteiger partial charge in [-0.1, -0.05) is 0 Å². The highest BCUT2D eigenvalue weighted by Crippen LogP contribution is 2.30. The molecule has 1 fully saturated rings. The molecule has 0 unspecified atom stereocenters. The van der Waals surface area contributed by atoms with E-state index in [1.165, 1.54) is 12.3 Å². The van der Waals surface area contributed by atoms with E-state index in [9.17, 15) is 14.9 Å². The molecule has 0 saturated heterocycles. The lowest BCUT2D eigenvalue weighted by molar-refractivity contribution is -0.385. The lowest BCUT2D eigenvalue weighted by atomic mass is 10.1. The van der Waals surface area contributed by atoms with Gasteiger partial charge in [-0.15, -0.1) is 0 Å². The highest BCUT2D eigenvalue weighted by molar-refractivity contribution is 5.84. The highest BCUT2D eigenvalue weighted by Gasteiger charge is 2.29. The van der Waals surface area contributed by atoms with Gasteiger partial charge >= 0.3 is 0 Å². The van der Waals surface area contributed by atoms with Crippen molar-refractivity contribution in [2.75, 3.05) is 0 Å². The fourth-order valence-electron chi connectivity index (χ4n) is 1.36. The van der Waals surface area contributed by atoms with E-state index in [1.807, 2.05) is 0 Å². The summed E-state index contributed by atoms with van der Waals surface area (Å²) in [6.45, 7) is 0. The third kappa shape index (κ3) is 2.37. The van der Waals surface area contributed by atoms with Crippen LogP contribution < -0.4 is 0 Å². The quantitative estimate of drug-likeness (QED) is 0.552. The number of carbonyl (C=O) groups excluding carboxylic acids is 1. The minimum absolute atomic E-state index is 0.0439. The van der Waals surface area contributed by atoms with Gasteiger partial charge in [-0.25, -0.2) is 0 Å². The number of rotatable bonds is 4. The Morgan fingerprint density at radius 1 is 1.53 bits per heavy atom. The Bertz CT molecular complexity index is 396. The largest absolute Gasteiger partial charge is 0.299 e. The van der Waals surface area contributed by atoms with Gasteiger partial charge in [0.1, 0.15) is 12.0 Å². The summed E-state index contributed by atoms with van der Waals surface area (Å²) in [5, 5.41) is 10.4. The van der Waals surface area contributed by atoms with Crippen molar-refractivity contribution in [1.29, 1.82) is 0 Å². The van der Waals surface area contributed by atoms with Crippen LogP contribution in [0.15, 0.2) is 18.3 Å². The van der Waals surface area contributed by atoms with Crippen molar-refractivity contribution in [2.24, 2.45) is 5.92 Å². The van der Waals surface area contributed by atoms with Gasteiger partial charge in [-0.3, -0.25) is 19.9 Å². The van der Waals surface area contributed by atoms with Crippen molar-refractivity contribution in [3.63, 3.8) is 0 Å². The Balaban J connectivity index is 2.03. The molecule has 15 heavy (non-hydrogen) atoms. The number of pyridine rings is 1. The molecule has 0 amide bonds. The molecule has 1 aromatic rings. The summed E-state index contributed by atoms with van der Waals surface area (Å²) in [6, 6.07) is 2.92. The number of nitro groups is 1. The van der Waals surface area contributed by atoms with Crippen molar-refractivity contribution in [1.82, 2.24) is 4.98 Å². The molecule has 0 N–H and O–H groups in total. The summed E-state index contributed by atoms with van der Waals surface area (Å²) >= 11 is 0. The van der Waals surface area contributed by atoms with Gasteiger partial charge in [0, 0.05) is 24.1 Å². The van der Waals surface area contributed by atoms with Crippen molar-refractivity contribution in [3.05, 3.63) is 34.1 Å². The number of hydrogen-bond acceptors (Lipinski definition) is 4. The van der Waals surface area contributed by atoms with Crippen LogP contribution in [-0.4, -0.2) is 15.7 Å². The molecular weight excluding hydrogens is 196 g/mol. The van der Waals surface area contributed by atoms with Crippen molar-refractivity contribution in [2.45, 2.75) is 19.3 Å². The van der Waals surface area contributed by atoms with E-state index in [2.05, 4.69) is 4.98 Å². The highest BCUT2D eigenvalue weighted by atomic mass is 16.6. The predicted molar refractivity (Wildman–Crippen MR) is 52.3 cm³/mol. The number of hydrogen-bond donors (Lipinski definition) is 0. The number of Topliss-reactive ketones (excluding diaryl/α,β-unsaturated/α-hetero) is 1. The summed E-state index contributed by atoms with van der Waals surface area (Å²) in [6.07, 6.45) is 3.44. The van der Waals surface area contributed by atoms with Crippen LogP contribution in [0.4, 0.5) is 5.69 Å². The predicted octanol–water partition coefficient (Wildman–Crippen LogP) is 1.51. The van der Waals surface area contributed by atoms with Gasteiger partial charge in [0.25, 0.3) is 5.69 Å². The van der Waals surface area contributed by atoms with Gasteiger partial charge in [-0.05, 0) is 18.9 Å². The maximum absolute atomic E-state index is 11.4. The molecule has 1 heterocycles. The lowest BCUT2D eigenvalue weighted by Crippen LogP contribution is -2.06. The fraction of sp³-hybridized carbons (Fsp3) is 0.400. The summed E-state index contributed by atoms with van der Waals surface area (Å²) in [7, 11) is 0. The van der Waals surface area contributed by atoms with E-state index in [1.54, 1.807) is 6.07 Å². The topological polar surface area (TPSA) is 73.1 Å². The normalized spacial score (nSPS) is 14.9. The molecule has 78 valence electrons. The summed E-state index contributed by atoms with van der Waals surface area (Å²) in [4.78, 5) is 25.2. The van der Waals surface area contributed by atoms with Crippen LogP contribution in [0.1, 0.15) is 18.5 Å². The third-order valence-electron chi connectivity index (χ3n) is 2.41. The molecule has 2 rings (SSSR count). The van der Waals surface area contributed by atoms with Crippen LogP contribution >= 0.6 is 0 Å². The Morgan fingerprint density at radius 3 is 2.73 bits per heavy atom. The average Bonchev–Trinajstić information content (AvgIpc) is 3.01. The van der Waals surface area contributed by atoms with Crippen LogP contribution in [0.3, 0.4) is 0 Å². The van der Waals surface area contributed by atoms with Crippen molar-refractivity contribution < 1.29 is 9.72 Å². The first kappa shape index (κ1) is 9.76. The Hall–Kier alpha value is -1.78. The third-order valence-corrected chi connectivity index (χ3v) is 2.41. The van der Waals surface area contributed by atoms with Gasteiger partial charge in [0.05, 0.1) is 4.92 Å². The van der Waals surface area contributed by atoms with Gasteiger partial charge in [-0.2, -0.15) is 0 Å². The molecule has 0 aromatic carbocycles. The van der Waals surface area contributed by atoms with E-state index in [4.69, 9.17) is 0 Å². The summed E-state index contributed by atoms with van der Waals surface area (Å²) in [5.41, 5.74) is 0.565. The number of ketones is 1. The molecule has 0 atom stereocenters. The van der Waals surface area contributed by atoms with E-state index in [-0.39, 0.29) is 17.4 Å². The summed E-state index contributed by atoms with van der Waals surface area (Å²) in [5.74, 6) is 0.401. The standard InChI is InChI=1S/C10H10N2O3/c13-10(7-1-2-7)5-8-3-4-9(6-11-8)12(14)15/h3-4,6-7H,1-2,5H2. The van der Waals surface area contributed by atoms with Crippen LogP contribution in [0.5, 0.6) is 0 Å². The molecule has 0 bridgehead atoms. The Kier molecular flexibility index (Phi) is 2.45. The van der Waals surface area contributed by atoms with Gasteiger partial charge < -0.3 is 0 Å². The van der Waals surface area contributed by atoms with Crippen molar-refractivity contribution >= 4 is 11.5 Å². The fourth-order valence-corrected chi connectivity index (χ4v) is 1.36. The smallest absolute Gasteiger partial charge is 0.287 e. The maximum atomic E-state index is 11.4. The first-order valence-corrected chi connectivity index (χ1v) is 4.79. The minimum Gasteiger partial charge on any atom is -0.299 e. The molecule has 1 aliphatic carbocycles. The number of aromatic nitrogens is 1. The minimum atomic E-state index is -0.501. The van der Waals surface area contributed by atoms with Gasteiger partial charge in [0.2, 0.25) is 0 Å². The average molecular weight is 206 g/mol. The molecule has 1 saturated carbocycles. The first-order chi connectivity index (χ1) is 7.16. The maximum Gasteiger partial charge on any atom is 0.287 e. The van der Waals surface area contributed by atoms with E-state index in [0.29, 0.717) is 12.1 Å². The number of carbonyl (C=O) groups is 1. The molecular formula is C10H10N2O3. The first-order valence-electron chi connectivity index (χ1n) is 4.79. The molecule has 0 radical (unpaired) electrons. The zero-order chi connectivity index (χ0) is 10.8. The second-order valence-electron chi connectivity index (χ2n) is 3.68. The van der Waals surface area contributed by atoms with E-state index < -0.39 is 4.92 Å². The Labute approximate surface area is 86.3 Å². The molecule has 1 aliphatic rings. The van der Waals surface area contributed by atoms with Crippen LogP contribution in [0.25, 0.3) is 0 Å². The van der Waals surface area contributed by atoms with E-state index >= 15 is 0 Å². The summed E-state index contributed by atoms with van der Waals surface area (Å²) < 4.78 is 0. The SMILES string of the molecule is O=C(Cc1ccc([N+](=O)[O-])cn1)C1CC1. The molecule has 5 nitrogen and oxygen atoms in total. The zero-order valence-electron chi connectivity index (χ0n) is 8.05. The molecule has 0 spiro atoms. The second-order valence-corrected chi connectivity index (χ2v) is 3.68. The van der Waals surface area contributed by atoms with Crippen LogP contribution in [0, 0.1) is 16.0 Å².